The number of hydrogen-bond acceptors (Lipinski definition) is 3. The lowest BCUT2D eigenvalue weighted by Crippen LogP contribution is -2.58. The van der Waals surface area contributed by atoms with Crippen molar-refractivity contribution in [1.82, 2.24) is 0 Å². The van der Waals surface area contributed by atoms with Crippen LogP contribution in [0, 0.1) is 5.41 Å². The van der Waals surface area contributed by atoms with Crippen molar-refractivity contribution in [3.63, 3.8) is 0 Å². The van der Waals surface area contributed by atoms with E-state index in [0.717, 1.165) is 25.7 Å². The number of rotatable bonds is 2. The minimum Gasteiger partial charge on any atom is -0.389 e. The fraction of sp³-hybridized carbons (Fsp3) is 1.00. The summed E-state index contributed by atoms with van der Waals surface area (Å²) < 4.78 is 5.77. The number of ether oxygens (including phenoxy) is 1. The summed E-state index contributed by atoms with van der Waals surface area (Å²) in [6.07, 6.45) is 8.62. The molecule has 1 atom stereocenters. The molecule has 1 unspecified atom stereocenters. The highest BCUT2D eigenvalue weighted by molar-refractivity contribution is 5.04. The molecule has 0 radical (unpaired) electrons. The molecule has 18 heavy (non-hydrogen) atoms. The van der Waals surface area contributed by atoms with Crippen LogP contribution in [0.15, 0.2) is 0 Å². The van der Waals surface area contributed by atoms with E-state index in [1.165, 1.54) is 25.7 Å². The van der Waals surface area contributed by atoms with Crippen molar-refractivity contribution in [2.45, 2.75) is 76.4 Å². The van der Waals surface area contributed by atoms with E-state index in [-0.39, 0.29) is 11.0 Å². The Hall–Kier alpha value is -0.120. The van der Waals surface area contributed by atoms with Crippen LogP contribution in [0.4, 0.5) is 0 Å². The highest BCUT2D eigenvalue weighted by atomic mass is 16.5. The summed E-state index contributed by atoms with van der Waals surface area (Å²) in [6.45, 7) is 5.43. The van der Waals surface area contributed by atoms with E-state index < -0.39 is 5.60 Å². The monoisotopic (exact) mass is 255 g/mol. The molecule has 0 spiro atoms. The maximum Gasteiger partial charge on any atom is 0.0764 e. The van der Waals surface area contributed by atoms with Crippen LogP contribution >= 0.6 is 0 Å². The zero-order chi connectivity index (χ0) is 13.3. The molecule has 1 saturated carbocycles. The Balaban J connectivity index is 2.23. The first-order chi connectivity index (χ1) is 8.43. The van der Waals surface area contributed by atoms with Crippen LogP contribution in [0.2, 0.25) is 0 Å². The van der Waals surface area contributed by atoms with Crippen LogP contribution in [-0.2, 0) is 4.74 Å². The van der Waals surface area contributed by atoms with Gasteiger partial charge in [0.1, 0.15) is 0 Å². The van der Waals surface area contributed by atoms with Gasteiger partial charge >= 0.3 is 0 Å². The van der Waals surface area contributed by atoms with Gasteiger partial charge in [0.05, 0.1) is 17.8 Å². The molecular formula is C15H29NO2. The molecule has 1 heterocycles. The van der Waals surface area contributed by atoms with Crippen LogP contribution in [0.1, 0.15) is 65.2 Å². The Labute approximate surface area is 111 Å². The quantitative estimate of drug-likeness (QED) is 0.746. The molecule has 3 nitrogen and oxygen atoms in total. The molecule has 0 aromatic heterocycles. The van der Waals surface area contributed by atoms with E-state index in [9.17, 15) is 5.11 Å². The molecule has 0 amide bonds. The van der Waals surface area contributed by atoms with Gasteiger partial charge in [0.25, 0.3) is 0 Å². The van der Waals surface area contributed by atoms with Crippen LogP contribution < -0.4 is 5.73 Å². The maximum atomic E-state index is 11.2. The Morgan fingerprint density at radius 1 is 1.06 bits per heavy atom. The average Bonchev–Trinajstić information content (AvgIpc) is 2.53. The predicted octanol–water partition coefficient (Wildman–Crippen LogP) is 2.61. The summed E-state index contributed by atoms with van der Waals surface area (Å²) in [5, 5.41) is 11.2. The maximum absolute atomic E-state index is 11.2. The molecule has 3 heteroatoms. The van der Waals surface area contributed by atoms with Crippen LogP contribution in [-0.4, -0.2) is 29.5 Å². The lowest BCUT2D eigenvalue weighted by molar-refractivity contribution is -0.196. The topological polar surface area (TPSA) is 55.5 Å². The first kappa shape index (κ1) is 14.3. The third-order valence-corrected chi connectivity index (χ3v) is 5.17. The van der Waals surface area contributed by atoms with Crippen LogP contribution in [0.3, 0.4) is 0 Å². The van der Waals surface area contributed by atoms with Gasteiger partial charge in [-0.15, -0.1) is 0 Å². The van der Waals surface area contributed by atoms with Gasteiger partial charge in [-0.2, -0.15) is 0 Å². The highest BCUT2D eigenvalue weighted by Crippen LogP contribution is 2.50. The van der Waals surface area contributed by atoms with Gasteiger partial charge in [0.2, 0.25) is 0 Å². The second-order valence-electron chi connectivity index (χ2n) is 6.97. The van der Waals surface area contributed by atoms with Crippen molar-refractivity contribution in [3.05, 3.63) is 0 Å². The van der Waals surface area contributed by atoms with Gasteiger partial charge in [-0.25, -0.2) is 0 Å². The first-order valence-corrected chi connectivity index (χ1v) is 7.50. The van der Waals surface area contributed by atoms with Crippen molar-refractivity contribution in [2.75, 3.05) is 13.2 Å². The zero-order valence-electron chi connectivity index (χ0n) is 12.0. The highest BCUT2D eigenvalue weighted by Gasteiger charge is 2.53. The van der Waals surface area contributed by atoms with Gasteiger partial charge < -0.3 is 15.6 Å². The normalized spacial score (nSPS) is 36.0. The SMILES string of the molecule is CC1(C)CC(O)(C2(CN)CCCCCC2)CCO1. The van der Waals surface area contributed by atoms with E-state index in [1.807, 2.05) is 0 Å². The summed E-state index contributed by atoms with van der Waals surface area (Å²) >= 11 is 0. The summed E-state index contributed by atoms with van der Waals surface area (Å²) in [6, 6.07) is 0. The third kappa shape index (κ3) is 2.59. The van der Waals surface area contributed by atoms with Gasteiger partial charge in [-0.1, -0.05) is 25.7 Å². The molecule has 3 N–H and O–H groups in total. The summed E-state index contributed by atoms with van der Waals surface area (Å²) in [7, 11) is 0. The number of nitrogens with two attached hydrogens (primary N) is 1. The summed E-state index contributed by atoms with van der Waals surface area (Å²) in [5.41, 5.74) is 5.18. The molecular weight excluding hydrogens is 226 g/mol. The van der Waals surface area contributed by atoms with Gasteiger partial charge in [0, 0.05) is 24.8 Å². The Morgan fingerprint density at radius 2 is 1.67 bits per heavy atom. The Morgan fingerprint density at radius 3 is 2.17 bits per heavy atom. The predicted molar refractivity (Wildman–Crippen MR) is 73.4 cm³/mol. The summed E-state index contributed by atoms with van der Waals surface area (Å²) in [5.74, 6) is 0. The summed E-state index contributed by atoms with van der Waals surface area (Å²) in [4.78, 5) is 0. The van der Waals surface area contributed by atoms with E-state index in [1.54, 1.807) is 0 Å². The molecule has 106 valence electrons. The number of aliphatic hydroxyl groups is 1. The molecule has 1 aliphatic heterocycles. The molecule has 1 saturated heterocycles. The lowest BCUT2D eigenvalue weighted by Gasteiger charge is -2.52. The van der Waals surface area contributed by atoms with Gasteiger partial charge in [-0.05, 0) is 26.7 Å². The fourth-order valence-corrected chi connectivity index (χ4v) is 4.06. The molecule has 2 rings (SSSR count). The largest absolute Gasteiger partial charge is 0.389 e. The Bertz CT molecular complexity index is 282. The molecule has 1 aliphatic carbocycles. The smallest absolute Gasteiger partial charge is 0.0764 e. The molecule has 2 aliphatic rings. The molecule has 0 aromatic rings. The van der Waals surface area contributed by atoms with E-state index >= 15 is 0 Å². The van der Waals surface area contributed by atoms with Crippen molar-refractivity contribution < 1.29 is 9.84 Å². The zero-order valence-corrected chi connectivity index (χ0v) is 12.0. The van der Waals surface area contributed by atoms with E-state index in [0.29, 0.717) is 13.2 Å². The van der Waals surface area contributed by atoms with Crippen molar-refractivity contribution in [3.8, 4) is 0 Å². The second kappa shape index (κ2) is 5.10. The molecule has 0 bridgehead atoms. The third-order valence-electron chi connectivity index (χ3n) is 5.17. The van der Waals surface area contributed by atoms with Crippen molar-refractivity contribution in [1.29, 1.82) is 0 Å². The van der Waals surface area contributed by atoms with Gasteiger partial charge in [0.15, 0.2) is 0 Å². The van der Waals surface area contributed by atoms with Crippen LogP contribution in [0.5, 0.6) is 0 Å². The molecule has 0 aromatic carbocycles. The fourth-order valence-electron chi connectivity index (χ4n) is 4.06. The van der Waals surface area contributed by atoms with Crippen LogP contribution in [0.25, 0.3) is 0 Å². The average molecular weight is 255 g/mol. The van der Waals surface area contributed by atoms with Crippen molar-refractivity contribution in [2.24, 2.45) is 11.1 Å². The molecule has 2 fully saturated rings. The number of hydrogen-bond donors (Lipinski definition) is 2. The minimum atomic E-state index is -0.631. The van der Waals surface area contributed by atoms with Crippen molar-refractivity contribution >= 4 is 0 Å². The van der Waals surface area contributed by atoms with E-state index in [2.05, 4.69) is 13.8 Å². The second-order valence-corrected chi connectivity index (χ2v) is 6.97. The van der Waals surface area contributed by atoms with Gasteiger partial charge in [-0.3, -0.25) is 0 Å². The Kier molecular flexibility index (Phi) is 4.05. The minimum absolute atomic E-state index is 0.0788. The van der Waals surface area contributed by atoms with E-state index in [4.69, 9.17) is 10.5 Å². The standard InChI is InChI=1S/C15H29NO2/c1-13(2)11-15(17,9-10-18-13)14(12-16)7-5-3-4-6-8-14/h17H,3-12,16H2,1-2H3. The lowest BCUT2D eigenvalue weighted by atomic mass is 9.61. The first-order valence-electron chi connectivity index (χ1n) is 7.50.